The first-order valence-corrected chi connectivity index (χ1v) is 10.3. The van der Waals surface area contributed by atoms with E-state index in [4.69, 9.17) is 5.26 Å². The largest absolute Gasteiger partial charge is 0.294 e. The number of benzene rings is 2. The molecule has 0 radical (unpaired) electrons. The average molecular weight is 386 g/mol. The number of carbonyl (C=O) groups is 1. The molecule has 0 N–H and O–H groups in total. The molecule has 2 atom stereocenters. The Labute approximate surface area is 175 Å². The van der Waals surface area contributed by atoms with Crippen molar-refractivity contribution in [2.45, 2.75) is 47.0 Å². The molecule has 0 bridgehead atoms. The number of ketones is 1. The molecule has 3 rings (SSSR count). The quantitative estimate of drug-likeness (QED) is 0.437. The molecule has 1 aliphatic rings. The monoisotopic (exact) mass is 385 g/mol. The van der Waals surface area contributed by atoms with Gasteiger partial charge in [-0.2, -0.15) is 5.26 Å². The van der Waals surface area contributed by atoms with Crippen molar-refractivity contribution in [3.63, 3.8) is 0 Å². The van der Waals surface area contributed by atoms with Gasteiger partial charge in [-0.25, -0.2) is 0 Å². The van der Waals surface area contributed by atoms with Gasteiger partial charge in [-0.3, -0.25) is 4.79 Å². The summed E-state index contributed by atoms with van der Waals surface area (Å²) < 4.78 is 0. The van der Waals surface area contributed by atoms with Crippen LogP contribution < -0.4 is 0 Å². The summed E-state index contributed by atoms with van der Waals surface area (Å²) in [7, 11) is 0. The van der Waals surface area contributed by atoms with Gasteiger partial charge in [0.15, 0.2) is 5.78 Å². The summed E-state index contributed by atoms with van der Waals surface area (Å²) in [6, 6.07) is 19.9. The lowest BCUT2D eigenvalue weighted by atomic mass is 9.79. The molecule has 0 saturated carbocycles. The van der Waals surface area contributed by atoms with Crippen molar-refractivity contribution >= 4 is 5.78 Å². The number of rotatable bonds is 5. The molecule has 150 valence electrons. The van der Waals surface area contributed by atoms with E-state index in [0.717, 1.165) is 30.4 Å². The van der Waals surface area contributed by atoms with E-state index < -0.39 is 0 Å². The first-order valence-electron chi connectivity index (χ1n) is 10.3. The molecule has 0 heterocycles. The van der Waals surface area contributed by atoms with E-state index >= 15 is 0 Å². The lowest BCUT2D eigenvalue weighted by molar-refractivity contribution is -0.123. The molecule has 2 nitrogen and oxygen atoms in total. The van der Waals surface area contributed by atoms with Gasteiger partial charge in [0.25, 0.3) is 0 Å². The predicted molar refractivity (Wildman–Crippen MR) is 120 cm³/mol. The molecule has 0 fully saturated rings. The lowest BCUT2D eigenvalue weighted by Crippen LogP contribution is -2.29. The van der Waals surface area contributed by atoms with Crippen molar-refractivity contribution in [1.29, 1.82) is 5.26 Å². The van der Waals surface area contributed by atoms with Crippen LogP contribution in [0, 0.1) is 22.7 Å². The maximum Gasteiger partial charge on any atom is 0.165 e. The fourth-order valence-electron chi connectivity index (χ4n) is 3.56. The van der Waals surface area contributed by atoms with Crippen molar-refractivity contribution < 1.29 is 4.79 Å². The van der Waals surface area contributed by atoms with Gasteiger partial charge in [0.1, 0.15) is 0 Å². The van der Waals surface area contributed by atoms with Gasteiger partial charge in [-0.05, 0) is 54.5 Å². The van der Waals surface area contributed by atoms with E-state index in [0.29, 0.717) is 11.5 Å². The Hall–Kier alpha value is -2.92. The lowest BCUT2D eigenvalue weighted by Gasteiger charge is -2.22. The number of allylic oxidation sites excluding steroid dienone is 4. The van der Waals surface area contributed by atoms with E-state index in [2.05, 4.69) is 26.0 Å². The number of Topliss-reactive ketones (excluding diaryl/α,β-unsaturated/α-hetero) is 1. The number of fused-ring (bicyclic) bond motifs is 1. The summed E-state index contributed by atoms with van der Waals surface area (Å²) in [4.78, 5) is 12.9. The van der Waals surface area contributed by atoms with Crippen molar-refractivity contribution in [3.05, 3.63) is 95.1 Å². The van der Waals surface area contributed by atoms with Gasteiger partial charge in [0.2, 0.25) is 0 Å². The second-order valence-corrected chi connectivity index (χ2v) is 8.11. The Balaban J connectivity index is 0.000000426. The van der Waals surface area contributed by atoms with Crippen molar-refractivity contribution in [2.75, 3.05) is 0 Å². The molecule has 0 amide bonds. The van der Waals surface area contributed by atoms with Crippen LogP contribution in [0.5, 0.6) is 0 Å². The summed E-state index contributed by atoms with van der Waals surface area (Å²) in [6.45, 7) is 8.27. The van der Waals surface area contributed by atoms with Gasteiger partial charge in [0.05, 0.1) is 11.6 Å². The first kappa shape index (κ1) is 22.4. The zero-order valence-electron chi connectivity index (χ0n) is 18.0. The molecular weight excluding hydrogens is 354 g/mol. The molecule has 0 aliphatic heterocycles. The third-order valence-electron chi connectivity index (χ3n) is 5.50. The van der Waals surface area contributed by atoms with Crippen LogP contribution in [0.2, 0.25) is 0 Å². The number of nitriles is 1. The highest BCUT2D eigenvalue weighted by atomic mass is 16.1. The van der Waals surface area contributed by atoms with E-state index in [1.54, 1.807) is 0 Å². The summed E-state index contributed by atoms with van der Waals surface area (Å²) in [5.41, 5.74) is 3.43. The SMILES string of the molecule is CCC(C)/C=C\C=C(/C)C(=O)C1(C)Cc2ccc(C#N)cc2C1.c1ccccc1. The molecule has 2 aromatic carbocycles. The van der Waals surface area contributed by atoms with Crippen LogP contribution in [0.4, 0.5) is 0 Å². The van der Waals surface area contributed by atoms with Gasteiger partial charge in [-0.15, -0.1) is 0 Å². The smallest absolute Gasteiger partial charge is 0.165 e. The van der Waals surface area contributed by atoms with Crippen molar-refractivity contribution in [1.82, 2.24) is 0 Å². The predicted octanol–water partition coefficient (Wildman–Crippen LogP) is 6.47. The van der Waals surface area contributed by atoms with Crippen molar-refractivity contribution in [2.24, 2.45) is 11.3 Å². The van der Waals surface area contributed by atoms with Crippen LogP contribution in [0.15, 0.2) is 78.4 Å². The topological polar surface area (TPSA) is 40.9 Å². The number of hydrogen-bond donors (Lipinski definition) is 0. The fourth-order valence-corrected chi connectivity index (χ4v) is 3.56. The highest BCUT2D eigenvalue weighted by Crippen LogP contribution is 2.39. The Morgan fingerprint density at radius 3 is 2.28 bits per heavy atom. The first-order chi connectivity index (χ1) is 13.9. The molecule has 1 aliphatic carbocycles. The molecule has 2 heteroatoms. The zero-order valence-corrected chi connectivity index (χ0v) is 18.0. The molecular formula is C27H31NO. The molecule has 2 unspecified atom stereocenters. The van der Waals surface area contributed by atoms with Gasteiger partial charge < -0.3 is 0 Å². The number of carbonyl (C=O) groups excluding carboxylic acids is 1. The Bertz CT molecular complexity index is 891. The van der Waals surface area contributed by atoms with Crippen LogP contribution in [0.1, 0.15) is 50.8 Å². The Kier molecular flexibility index (Phi) is 8.16. The van der Waals surface area contributed by atoms with Crippen LogP contribution in [-0.4, -0.2) is 5.78 Å². The van der Waals surface area contributed by atoms with Gasteiger partial charge in [0, 0.05) is 5.41 Å². The second kappa shape index (κ2) is 10.6. The normalized spacial score (nSPS) is 19.1. The van der Waals surface area contributed by atoms with Gasteiger partial charge in [-0.1, -0.05) is 87.9 Å². The summed E-state index contributed by atoms with van der Waals surface area (Å²) in [6.07, 6.45) is 8.65. The van der Waals surface area contributed by atoms with E-state index in [9.17, 15) is 4.79 Å². The van der Waals surface area contributed by atoms with Crippen molar-refractivity contribution in [3.8, 4) is 6.07 Å². The molecule has 2 aromatic rings. The van der Waals surface area contributed by atoms with Gasteiger partial charge >= 0.3 is 0 Å². The maximum atomic E-state index is 12.9. The van der Waals surface area contributed by atoms with Crippen LogP contribution in [0.3, 0.4) is 0 Å². The molecule has 0 saturated heterocycles. The Morgan fingerprint density at radius 2 is 1.72 bits per heavy atom. The zero-order chi connectivity index (χ0) is 21.3. The van der Waals surface area contributed by atoms with Crippen LogP contribution in [-0.2, 0) is 17.6 Å². The van der Waals surface area contributed by atoms with E-state index in [-0.39, 0.29) is 11.2 Å². The standard InChI is InChI=1S/C21H25NO.C6H6/c1-5-15(2)7-6-8-16(3)20(23)21(4)12-18-10-9-17(14-22)11-19(18)13-21;1-2-4-6-5-3-1/h6-11,15H,5,12-13H2,1-4H3;1-6H/b7-6-,16-8+;. The summed E-state index contributed by atoms with van der Waals surface area (Å²) in [5, 5.41) is 9.02. The number of hydrogen-bond acceptors (Lipinski definition) is 2. The second-order valence-electron chi connectivity index (χ2n) is 8.11. The maximum absolute atomic E-state index is 12.9. The minimum atomic E-state index is -0.388. The molecule has 29 heavy (non-hydrogen) atoms. The number of nitrogens with zero attached hydrogens (tertiary/aromatic N) is 1. The third kappa shape index (κ3) is 6.29. The summed E-state index contributed by atoms with van der Waals surface area (Å²) >= 11 is 0. The third-order valence-corrected chi connectivity index (χ3v) is 5.50. The average Bonchev–Trinajstić information content (AvgIpc) is 3.10. The molecule has 0 aromatic heterocycles. The minimum absolute atomic E-state index is 0.209. The van der Waals surface area contributed by atoms with Crippen LogP contribution >= 0.6 is 0 Å². The highest BCUT2D eigenvalue weighted by molar-refractivity contribution is 6.00. The fraction of sp³-hybridized carbons (Fsp3) is 0.333. The van der Waals surface area contributed by atoms with E-state index in [1.165, 1.54) is 5.56 Å². The molecule has 0 spiro atoms. The highest BCUT2D eigenvalue weighted by Gasteiger charge is 2.39. The van der Waals surface area contributed by atoms with Crippen LogP contribution in [0.25, 0.3) is 0 Å². The van der Waals surface area contributed by atoms with E-state index in [1.807, 2.05) is 80.6 Å². The summed E-state index contributed by atoms with van der Waals surface area (Å²) in [5.74, 6) is 0.742. The minimum Gasteiger partial charge on any atom is -0.294 e. The Morgan fingerprint density at radius 1 is 1.14 bits per heavy atom.